The molecule has 0 aliphatic rings. The molecule has 1 rings (SSSR count). The molecule has 0 radical (unpaired) electrons. The van der Waals surface area contributed by atoms with Crippen molar-refractivity contribution in [3.05, 3.63) is 24.3 Å². The molecular weight excluding hydrogens is 265 g/mol. The number of carboxylic acid groups (broad SMARTS) is 1. The molecule has 0 bridgehead atoms. The highest BCUT2D eigenvalue weighted by Gasteiger charge is 2.31. The van der Waals surface area contributed by atoms with E-state index in [4.69, 9.17) is 9.84 Å². The third-order valence-electron chi connectivity index (χ3n) is 2.17. The number of aliphatic carboxylic acids is 1. The van der Waals surface area contributed by atoms with Crippen LogP contribution in [-0.4, -0.2) is 23.5 Å². The lowest BCUT2D eigenvalue weighted by Gasteiger charge is -2.18. The first-order valence-electron chi connectivity index (χ1n) is 5.44. The first kappa shape index (κ1) is 15.1. The van der Waals surface area contributed by atoms with Gasteiger partial charge in [-0.3, -0.25) is 0 Å². The predicted molar refractivity (Wildman–Crippen MR) is 60.0 cm³/mol. The van der Waals surface area contributed by atoms with Crippen LogP contribution in [0.3, 0.4) is 0 Å². The van der Waals surface area contributed by atoms with Gasteiger partial charge in [0, 0.05) is 5.92 Å². The van der Waals surface area contributed by atoms with Crippen molar-refractivity contribution in [2.45, 2.75) is 26.3 Å². The molecule has 1 unspecified atom stereocenters. The highest BCUT2D eigenvalue weighted by Crippen LogP contribution is 2.25. The summed E-state index contributed by atoms with van der Waals surface area (Å²) >= 11 is 0. The van der Waals surface area contributed by atoms with Gasteiger partial charge in [-0.15, -0.1) is 13.2 Å². The Morgan fingerprint density at radius 3 is 2.00 bits per heavy atom. The van der Waals surface area contributed by atoms with Gasteiger partial charge < -0.3 is 14.6 Å². The minimum atomic E-state index is -4.76. The van der Waals surface area contributed by atoms with Gasteiger partial charge in [0.25, 0.3) is 0 Å². The maximum Gasteiger partial charge on any atom is 0.573 e. The Hall–Kier alpha value is -1.92. The fraction of sp³-hybridized carbons (Fsp3) is 0.417. The van der Waals surface area contributed by atoms with Crippen LogP contribution in [0.5, 0.6) is 11.5 Å². The molecule has 1 atom stereocenters. The molecule has 0 aliphatic heterocycles. The fourth-order valence-electron chi connectivity index (χ4n) is 1.34. The first-order chi connectivity index (χ1) is 8.69. The highest BCUT2D eigenvalue weighted by atomic mass is 19.4. The molecule has 0 saturated carbocycles. The van der Waals surface area contributed by atoms with Gasteiger partial charge in [-0.05, 0) is 24.3 Å². The van der Waals surface area contributed by atoms with Gasteiger partial charge in [0.05, 0.1) is 0 Å². The van der Waals surface area contributed by atoms with Crippen LogP contribution in [0.1, 0.15) is 13.8 Å². The van der Waals surface area contributed by atoms with Crippen molar-refractivity contribution in [3.8, 4) is 11.5 Å². The minimum absolute atomic E-state index is 0.163. The van der Waals surface area contributed by atoms with Crippen LogP contribution in [0.25, 0.3) is 0 Å². The lowest BCUT2D eigenvalue weighted by molar-refractivity contribution is -0.274. The van der Waals surface area contributed by atoms with Crippen LogP contribution in [0.2, 0.25) is 0 Å². The second-order valence-electron chi connectivity index (χ2n) is 4.14. The number of carbonyl (C=O) groups is 1. The summed E-state index contributed by atoms with van der Waals surface area (Å²) in [6.07, 6.45) is -5.82. The summed E-state index contributed by atoms with van der Waals surface area (Å²) in [5, 5.41) is 8.91. The van der Waals surface area contributed by atoms with E-state index in [2.05, 4.69) is 4.74 Å². The van der Waals surface area contributed by atoms with Gasteiger partial charge in [-0.25, -0.2) is 4.79 Å². The molecule has 1 aromatic carbocycles. The zero-order chi connectivity index (χ0) is 14.6. The summed E-state index contributed by atoms with van der Waals surface area (Å²) in [7, 11) is 0. The molecule has 0 heterocycles. The van der Waals surface area contributed by atoms with E-state index in [9.17, 15) is 18.0 Å². The van der Waals surface area contributed by atoms with E-state index in [1.807, 2.05) is 0 Å². The largest absolute Gasteiger partial charge is 0.573 e. The normalized spacial score (nSPS) is 13.2. The number of hydrogen-bond donors (Lipinski definition) is 1. The summed E-state index contributed by atoms with van der Waals surface area (Å²) in [5.41, 5.74) is 0. The summed E-state index contributed by atoms with van der Waals surface area (Å²) < 4.78 is 44.7. The predicted octanol–water partition coefficient (Wildman–Crippen LogP) is 3.07. The maximum absolute atomic E-state index is 11.9. The van der Waals surface area contributed by atoms with Crippen LogP contribution in [0.4, 0.5) is 13.2 Å². The summed E-state index contributed by atoms with van der Waals surface area (Å²) in [6, 6.07) is 4.56. The topological polar surface area (TPSA) is 55.8 Å². The summed E-state index contributed by atoms with van der Waals surface area (Å²) in [4.78, 5) is 10.9. The van der Waals surface area contributed by atoms with Crippen molar-refractivity contribution >= 4 is 5.97 Å². The Kier molecular flexibility index (Phi) is 4.63. The average Bonchev–Trinajstić information content (AvgIpc) is 2.25. The lowest BCUT2D eigenvalue weighted by Crippen LogP contribution is -2.32. The molecule has 106 valence electrons. The van der Waals surface area contributed by atoms with Crippen molar-refractivity contribution in [3.63, 3.8) is 0 Å². The molecule has 19 heavy (non-hydrogen) atoms. The Bertz CT molecular complexity index is 426. The standard InChI is InChI=1S/C12H13F3O4/c1-7(2)10(11(16)17)18-8-3-5-9(6-4-8)19-12(13,14)15/h3-7,10H,1-2H3,(H,16,17). The number of rotatable bonds is 5. The molecule has 0 spiro atoms. The molecule has 7 heteroatoms. The third kappa shape index (κ3) is 5.07. The van der Waals surface area contributed by atoms with Crippen LogP contribution < -0.4 is 9.47 Å². The zero-order valence-electron chi connectivity index (χ0n) is 10.3. The van der Waals surface area contributed by atoms with Gasteiger partial charge in [0.2, 0.25) is 0 Å². The van der Waals surface area contributed by atoms with Gasteiger partial charge in [0.15, 0.2) is 6.10 Å². The zero-order valence-corrected chi connectivity index (χ0v) is 10.3. The molecule has 0 saturated heterocycles. The number of ether oxygens (including phenoxy) is 2. The van der Waals surface area contributed by atoms with Crippen LogP contribution in [0.15, 0.2) is 24.3 Å². The smallest absolute Gasteiger partial charge is 0.478 e. The van der Waals surface area contributed by atoms with E-state index in [1.54, 1.807) is 13.8 Å². The number of carboxylic acids is 1. The Balaban J connectivity index is 2.74. The summed E-state index contributed by atoms with van der Waals surface area (Å²) in [5.74, 6) is -1.64. The number of hydrogen-bond acceptors (Lipinski definition) is 3. The lowest BCUT2D eigenvalue weighted by atomic mass is 10.1. The fourth-order valence-corrected chi connectivity index (χ4v) is 1.34. The minimum Gasteiger partial charge on any atom is -0.478 e. The summed E-state index contributed by atoms with van der Waals surface area (Å²) in [6.45, 7) is 3.33. The molecule has 0 aliphatic carbocycles. The van der Waals surface area contributed by atoms with Gasteiger partial charge >= 0.3 is 12.3 Å². The number of alkyl halides is 3. The van der Waals surface area contributed by atoms with E-state index >= 15 is 0 Å². The SMILES string of the molecule is CC(C)C(Oc1ccc(OC(F)(F)F)cc1)C(=O)O. The third-order valence-corrected chi connectivity index (χ3v) is 2.17. The Morgan fingerprint density at radius 1 is 1.16 bits per heavy atom. The van der Waals surface area contributed by atoms with Crippen LogP contribution in [0, 0.1) is 5.92 Å². The van der Waals surface area contributed by atoms with Crippen molar-refractivity contribution in [2.24, 2.45) is 5.92 Å². The number of halogens is 3. The van der Waals surface area contributed by atoms with E-state index in [0.717, 1.165) is 12.1 Å². The molecule has 1 aromatic rings. The van der Waals surface area contributed by atoms with Crippen molar-refractivity contribution in [1.29, 1.82) is 0 Å². The van der Waals surface area contributed by atoms with Crippen molar-refractivity contribution in [2.75, 3.05) is 0 Å². The molecular formula is C12H13F3O4. The Morgan fingerprint density at radius 2 is 1.63 bits per heavy atom. The van der Waals surface area contributed by atoms with Crippen LogP contribution in [-0.2, 0) is 4.79 Å². The molecule has 4 nitrogen and oxygen atoms in total. The molecule has 1 N–H and O–H groups in total. The first-order valence-corrected chi connectivity index (χ1v) is 5.44. The second-order valence-corrected chi connectivity index (χ2v) is 4.14. The van der Waals surface area contributed by atoms with E-state index in [1.165, 1.54) is 12.1 Å². The van der Waals surface area contributed by atoms with E-state index in [-0.39, 0.29) is 11.7 Å². The second kappa shape index (κ2) is 5.81. The highest BCUT2D eigenvalue weighted by molar-refractivity contribution is 5.73. The maximum atomic E-state index is 11.9. The van der Waals surface area contributed by atoms with Crippen molar-refractivity contribution in [1.82, 2.24) is 0 Å². The quantitative estimate of drug-likeness (QED) is 0.899. The van der Waals surface area contributed by atoms with E-state index < -0.39 is 24.2 Å². The molecule has 0 fully saturated rings. The average molecular weight is 278 g/mol. The van der Waals surface area contributed by atoms with Gasteiger partial charge in [-0.1, -0.05) is 13.8 Å². The Labute approximate surface area is 107 Å². The monoisotopic (exact) mass is 278 g/mol. The number of benzene rings is 1. The van der Waals surface area contributed by atoms with Crippen molar-refractivity contribution < 1.29 is 32.5 Å². The van der Waals surface area contributed by atoms with Gasteiger partial charge in [0.1, 0.15) is 11.5 Å². The molecule has 0 amide bonds. The van der Waals surface area contributed by atoms with Gasteiger partial charge in [-0.2, -0.15) is 0 Å². The molecule has 0 aromatic heterocycles. The van der Waals surface area contributed by atoms with Crippen LogP contribution >= 0.6 is 0 Å². The van der Waals surface area contributed by atoms with E-state index in [0.29, 0.717) is 0 Å².